The molecule has 11 heteroatoms. The Balaban J connectivity index is 1.78. The molecule has 0 saturated heterocycles. The van der Waals surface area contributed by atoms with Crippen LogP contribution in [0.2, 0.25) is 10.0 Å². The van der Waals surface area contributed by atoms with Crippen LogP contribution in [0.25, 0.3) is 0 Å². The van der Waals surface area contributed by atoms with Crippen molar-refractivity contribution in [2.45, 2.75) is 33.9 Å². The van der Waals surface area contributed by atoms with E-state index >= 15 is 0 Å². The zero-order chi connectivity index (χ0) is 21.3. The number of hydrogen-bond donors (Lipinski definition) is 1. The Bertz CT molecular complexity index is 1110. The molecular weight excluding hydrogens is 419 g/mol. The SMILES string of the molecule is Cc1nn(Cc2ccccc2Cl)c(C)c1NC(=O)Cn1nc([N+](=O)[O-])c(Cl)c1C. The normalized spacial score (nSPS) is 10.9. The number of carbonyl (C=O) groups is 1. The molecule has 2 heterocycles. The summed E-state index contributed by atoms with van der Waals surface area (Å²) in [6.07, 6.45) is 0. The summed E-state index contributed by atoms with van der Waals surface area (Å²) >= 11 is 12.1. The van der Waals surface area contributed by atoms with Crippen LogP contribution in [0, 0.1) is 30.9 Å². The lowest BCUT2D eigenvalue weighted by molar-refractivity contribution is -0.389. The second-order valence-electron chi connectivity index (χ2n) is 6.48. The molecule has 0 atom stereocenters. The van der Waals surface area contributed by atoms with Gasteiger partial charge in [0.25, 0.3) is 0 Å². The van der Waals surface area contributed by atoms with Crippen LogP contribution in [0.1, 0.15) is 22.6 Å². The number of nitrogens with zero attached hydrogens (tertiary/aromatic N) is 5. The third-order valence-corrected chi connectivity index (χ3v) is 5.32. The van der Waals surface area contributed by atoms with Crippen molar-refractivity contribution in [3.8, 4) is 0 Å². The highest BCUT2D eigenvalue weighted by molar-refractivity contribution is 6.33. The Kier molecular flexibility index (Phi) is 5.90. The molecule has 3 aromatic rings. The van der Waals surface area contributed by atoms with E-state index in [9.17, 15) is 14.9 Å². The number of amides is 1. The monoisotopic (exact) mass is 436 g/mol. The molecule has 3 rings (SSSR count). The number of aromatic nitrogens is 4. The fourth-order valence-corrected chi connectivity index (χ4v) is 3.31. The molecule has 1 amide bonds. The molecule has 0 aliphatic carbocycles. The maximum atomic E-state index is 12.5. The molecule has 9 nitrogen and oxygen atoms in total. The topological polar surface area (TPSA) is 108 Å². The van der Waals surface area contributed by atoms with E-state index in [4.69, 9.17) is 23.2 Å². The summed E-state index contributed by atoms with van der Waals surface area (Å²) < 4.78 is 2.96. The molecule has 0 fully saturated rings. The van der Waals surface area contributed by atoms with E-state index in [1.807, 2.05) is 31.2 Å². The number of nitrogens with one attached hydrogen (secondary N) is 1. The van der Waals surface area contributed by atoms with Gasteiger partial charge >= 0.3 is 5.82 Å². The molecule has 1 N–H and O–H groups in total. The smallest absolute Gasteiger partial charge is 0.358 e. The van der Waals surface area contributed by atoms with Gasteiger partial charge in [0.15, 0.2) is 5.02 Å². The van der Waals surface area contributed by atoms with Crippen LogP contribution in [0.15, 0.2) is 24.3 Å². The third kappa shape index (κ3) is 4.25. The summed E-state index contributed by atoms with van der Waals surface area (Å²) in [5.41, 5.74) is 3.23. The lowest BCUT2D eigenvalue weighted by atomic mass is 10.2. The average Bonchev–Trinajstić information content (AvgIpc) is 3.08. The van der Waals surface area contributed by atoms with Gasteiger partial charge in [-0.3, -0.25) is 9.48 Å². The molecule has 29 heavy (non-hydrogen) atoms. The number of aryl methyl sites for hydroxylation is 1. The van der Waals surface area contributed by atoms with E-state index in [0.29, 0.717) is 28.6 Å². The molecule has 0 unspecified atom stereocenters. The number of benzene rings is 1. The molecule has 1 aromatic carbocycles. The number of anilines is 1. The Morgan fingerprint density at radius 1 is 1.14 bits per heavy atom. The lowest BCUT2D eigenvalue weighted by Crippen LogP contribution is -2.21. The first kappa shape index (κ1) is 20.8. The van der Waals surface area contributed by atoms with Gasteiger partial charge in [-0.1, -0.05) is 41.4 Å². The van der Waals surface area contributed by atoms with Crippen molar-refractivity contribution in [3.63, 3.8) is 0 Å². The molecule has 0 bridgehead atoms. The molecule has 0 radical (unpaired) electrons. The van der Waals surface area contributed by atoms with Gasteiger partial charge in [-0.2, -0.15) is 9.78 Å². The molecule has 0 saturated carbocycles. The Morgan fingerprint density at radius 3 is 2.45 bits per heavy atom. The summed E-state index contributed by atoms with van der Waals surface area (Å²) in [5.74, 6) is -0.873. The van der Waals surface area contributed by atoms with Crippen LogP contribution in [-0.4, -0.2) is 30.4 Å². The maximum Gasteiger partial charge on any atom is 0.408 e. The summed E-state index contributed by atoms with van der Waals surface area (Å²) in [6.45, 7) is 5.43. The number of hydrogen-bond acceptors (Lipinski definition) is 5. The Morgan fingerprint density at radius 2 is 1.83 bits per heavy atom. The van der Waals surface area contributed by atoms with E-state index in [2.05, 4.69) is 15.5 Å². The van der Waals surface area contributed by atoms with Gasteiger partial charge < -0.3 is 15.4 Å². The highest BCUT2D eigenvalue weighted by Crippen LogP contribution is 2.27. The number of carbonyl (C=O) groups excluding carboxylic acids is 1. The van der Waals surface area contributed by atoms with Crippen molar-refractivity contribution < 1.29 is 9.72 Å². The third-order valence-electron chi connectivity index (χ3n) is 4.51. The van der Waals surface area contributed by atoms with Gasteiger partial charge in [-0.15, -0.1) is 0 Å². The summed E-state index contributed by atoms with van der Waals surface area (Å²) in [6, 6.07) is 7.47. The highest BCUT2D eigenvalue weighted by atomic mass is 35.5. The Hall–Kier alpha value is -2.91. The Labute approximate surface area is 176 Å². The minimum atomic E-state index is -0.684. The van der Waals surface area contributed by atoms with E-state index in [-0.39, 0.29) is 11.6 Å². The molecule has 0 aliphatic heterocycles. The quantitative estimate of drug-likeness (QED) is 0.465. The van der Waals surface area contributed by atoms with Crippen molar-refractivity contribution in [3.05, 3.63) is 67.1 Å². The molecule has 0 aliphatic rings. The lowest BCUT2D eigenvalue weighted by Gasteiger charge is -2.08. The highest BCUT2D eigenvalue weighted by Gasteiger charge is 2.25. The fourth-order valence-electron chi connectivity index (χ4n) is 2.91. The van der Waals surface area contributed by atoms with Crippen molar-refractivity contribution in [1.29, 1.82) is 0 Å². The predicted molar refractivity (Wildman–Crippen MR) is 110 cm³/mol. The first-order valence-electron chi connectivity index (χ1n) is 8.63. The van der Waals surface area contributed by atoms with Crippen LogP contribution in [0.4, 0.5) is 11.5 Å². The minimum Gasteiger partial charge on any atom is -0.358 e. The molecule has 0 spiro atoms. The second-order valence-corrected chi connectivity index (χ2v) is 7.27. The van der Waals surface area contributed by atoms with Crippen molar-refractivity contribution in [2.24, 2.45) is 0 Å². The summed E-state index contributed by atoms with van der Waals surface area (Å²) in [7, 11) is 0. The van der Waals surface area contributed by atoms with Gasteiger partial charge in [0.05, 0.1) is 34.4 Å². The van der Waals surface area contributed by atoms with Gasteiger partial charge in [-0.05, 0) is 37.3 Å². The number of nitro groups is 1. The van der Waals surface area contributed by atoms with Gasteiger partial charge in [-0.25, -0.2) is 0 Å². The molecular formula is C18H18Cl2N6O3. The number of halogens is 2. The zero-order valence-electron chi connectivity index (χ0n) is 15.9. The fraction of sp³-hybridized carbons (Fsp3) is 0.278. The largest absolute Gasteiger partial charge is 0.408 e. The van der Waals surface area contributed by atoms with Crippen LogP contribution in [0.5, 0.6) is 0 Å². The zero-order valence-corrected chi connectivity index (χ0v) is 17.5. The van der Waals surface area contributed by atoms with E-state index < -0.39 is 16.6 Å². The van der Waals surface area contributed by atoms with Gasteiger partial charge in [0, 0.05) is 5.02 Å². The van der Waals surface area contributed by atoms with Crippen LogP contribution >= 0.6 is 23.2 Å². The minimum absolute atomic E-state index is 0.0808. The second kappa shape index (κ2) is 8.22. The van der Waals surface area contributed by atoms with Gasteiger partial charge in [0.2, 0.25) is 5.91 Å². The summed E-state index contributed by atoms with van der Waals surface area (Å²) in [4.78, 5) is 22.8. The van der Waals surface area contributed by atoms with Crippen LogP contribution in [0.3, 0.4) is 0 Å². The predicted octanol–water partition coefficient (Wildman–Crippen LogP) is 3.91. The first-order chi connectivity index (χ1) is 13.7. The average molecular weight is 437 g/mol. The van der Waals surface area contributed by atoms with Crippen molar-refractivity contribution in [2.75, 3.05) is 5.32 Å². The van der Waals surface area contributed by atoms with E-state index in [1.54, 1.807) is 18.5 Å². The van der Waals surface area contributed by atoms with Crippen molar-refractivity contribution in [1.82, 2.24) is 19.6 Å². The standard InChI is InChI=1S/C18H18Cl2N6O3/c1-10-17(12(3)24(22-10)8-13-6-4-5-7-14(13)19)21-15(27)9-25-11(2)16(20)18(23-25)26(28)29/h4-7H,8-9H2,1-3H3,(H,21,27). The first-order valence-corrected chi connectivity index (χ1v) is 9.39. The molecule has 152 valence electrons. The van der Waals surface area contributed by atoms with Gasteiger partial charge in [0.1, 0.15) is 6.54 Å². The van der Waals surface area contributed by atoms with Crippen LogP contribution in [-0.2, 0) is 17.9 Å². The van der Waals surface area contributed by atoms with Crippen LogP contribution < -0.4 is 5.32 Å². The van der Waals surface area contributed by atoms with Crippen molar-refractivity contribution >= 4 is 40.6 Å². The summed E-state index contributed by atoms with van der Waals surface area (Å²) in [5, 5.41) is 22.6. The molecule has 2 aromatic heterocycles. The number of rotatable bonds is 6. The van der Waals surface area contributed by atoms with E-state index in [1.165, 1.54) is 4.68 Å². The maximum absolute atomic E-state index is 12.5. The van der Waals surface area contributed by atoms with E-state index in [0.717, 1.165) is 11.3 Å².